The van der Waals surface area contributed by atoms with Gasteiger partial charge in [-0.05, 0) is 43.4 Å². The van der Waals surface area contributed by atoms with E-state index in [9.17, 15) is 0 Å². The third-order valence-electron chi connectivity index (χ3n) is 4.31. The van der Waals surface area contributed by atoms with Gasteiger partial charge in [0.25, 0.3) is 0 Å². The molecule has 0 bridgehead atoms. The molecule has 1 saturated carbocycles. The number of benzene rings is 1. The van der Waals surface area contributed by atoms with Crippen LogP contribution in [0.2, 0.25) is 0 Å². The highest BCUT2D eigenvalue weighted by molar-refractivity contribution is 5.91. The smallest absolute Gasteiger partial charge is 0.0720 e. The van der Waals surface area contributed by atoms with Gasteiger partial charge in [0.1, 0.15) is 0 Å². The Labute approximate surface area is 127 Å². The van der Waals surface area contributed by atoms with Crippen molar-refractivity contribution >= 4 is 5.71 Å². The topological polar surface area (TPSA) is 25.2 Å². The average Bonchev–Trinajstić information content (AvgIpc) is 2.57. The molecule has 1 fully saturated rings. The number of pyridine rings is 1. The normalized spacial score (nSPS) is 22.1. The largest absolute Gasteiger partial charge is 0.286 e. The fourth-order valence-corrected chi connectivity index (χ4v) is 3.15. The first kappa shape index (κ1) is 14.0. The Balaban J connectivity index is 1.86. The van der Waals surface area contributed by atoms with E-state index in [4.69, 9.17) is 4.99 Å². The molecule has 0 saturated heterocycles. The van der Waals surface area contributed by atoms with Gasteiger partial charge < -0.3 is 0 Å². The Bertz CT molecular complexity index is 589. The van der Waals surface area contributed by atoms with E-state index in [0.29, 0.717) is 5.92 Å². The second-order valence-electron chi connectivity index (χ2n) is 5.79. The van der Waals surface area contributed by atoms with Crippen LogP contribution < -0.4 is 0 Å². The molecule has 0 spiro atoms. The lowest BCUT2D eigenvalue weighted by Crippen LogP contribution is -2.18. The van der Waals surface area contributed by atoms with Crippen LogP contribution >= 0.6 is 0 Å². The minimum absolute atomic E-state index is 0.235. The third-order valence-corrected chi connectivity index (χ3v) is 4.31. The molecule has 2 heteroatoms. The molecule has 2 nitrogen and oxygen atoms in total. The van der Waals surface area contributed by atoms with E-state index < -0.39 is 0 Å². The molecule has 1 aliphatic carbocycles. The van der Waals surface area contributed by atoms with Crippen LogP contribution in [0.15, 0.2) is 59.9 Å². The standard InChI is InChI=1S/C19H22N2/c1-15(16-8-3-2-4-9-16)21-19-12-6-5-11-18(19)17-10-7-13-20-14-17/h2-4,7-10,13-15,18H,5-6,11-12H2,1H3. The fraction of sp³-hybridized carbons (Fsp3) is 0.368. The van der Waals surface area contributed by atoms with Crippen LogP contribution in [0.4, 0.5) is 0 Å². The Morgan fingerprint density at radius 3 is 2.71 bits per heavy atom. The molecule has 0 radical (unpaired) electrons. The monoisotopic (exact) mass is 278 g/mol. The molecule has 2 atom stereocenters. The zero-order valence-corrected chi connectivity index (χ0v) is 12.6. The predicted octanol–water partition coefficient (Wildman–Crippen LogP) is 4.94. The Morgan fingerprint density at radius 2 is 1.95 bits per heavy atom. The number of hydrogen-bond acceptors (Lipinski definition) is 2. The zero-order valence-electron chi connectivity index (χ0n) is 12.6. The molecule has 1 aliphatic rings. The van der Waals surface area contributed by atoms with Gasteiger partial charge in [-0.25, -0.2) is 0 Å². The molecular formula is C19H22N2. The van der Waals surface area contributed by atoms with E-state index in [2.05, 4.69) is 48.3 Å². The van der Waals surface area contributed by atoms with Crippen LogP contribution in [0.25, 0.3) is 0 Å². The highest BCUT2D eigenvalue weighted by Gasteiger charge is 2.22. The van der Waals surface area contributed by atoms with Crippen LogP contribution in [-0.4, -0.2) is 10.7 Å². The first-order valence-electron chi connectivity index (χ1n) is 7.86. The molecule has 1 aromatic heterocycles. The highest BCUT2D eigenvalue weighted by Crippen LogP contribution is 2.32. The van der Waals surface area contributed by atoms with Gasteiger partial charge in [-0.2, -0.15) is 0 Å². The van der Waals surface area contributed by atoms with Crippen molar-refractivity contribution in [1.82, 2.24) is 4.98 Å². The molecule has 2 unspecified atom stereocenters. The summed E-state index contributed by atoms with van der Waals surface area (Å²) in [6, 6.07) is 15.0. The van der Waals surface area contributed by atoms with E-state index in [-0.39, 0.29) is 6.04 Å². The summed E-state index contributed by atoms with van der Waals surface area (Å²) in [5.41, 5.74) is 3.96. The Kier molecular flexibility index (Phi) is 4.44. The summed E-state index contributed by atoms with van der Waals surface area (Å²) in [4.78, 5) is 9.33. The maximum Gasteiger partial charge on any atom is 0.0720 e. The lowest BCUT2D eigenvalue weighted by Gasteiger charge is -2.25. The van der Waals surface area contributed by atoms with Gasteiger partial charge in [0, 0.05) is 24.0 Å². The van der Waals surface area contributed by atoms with Gasteiger partial charge >= 0.3 is 0 Å². The van der Waals surface area contributed by atoms with Crippen molar-refractivity contribution < 1.29 is 0 Å². The lowest BCUT2D eigenvalue weighted by atomic mass is 9.82. The number of nitrogens with zero attached hydrogens (tertiary/aromatic N) is 2. The van der Waals surface area contributed by atoms with E-state index >= 15 is 0 Å². The minimum atomic E-state index is 0.235. The van der Waals surface area contributed by atoms with Gasteiger partial charge in [0.05, 0.1) is 6.04 Å². The summed E-state index contributed by atoms with van der Waals surface area (Å²) in [6.07, 6.45) is 8.71. The second-order valence-corrected chi connectivity index (χ2v) is 5.79. The van der Waals surface area contributed by atoms with E-state index in [1.807, 2.05) is 18.5 Å². The van der Waals surface area contributed by atoms with Crippen molar-refractivity contribution in [3.63, 3.8) is 0 Å². The lowest BCUT2D eigenvalue weighted by molar-refractivity contribution is 0.603. The summed E-state index contributed by atoms with van der Waals surface area (Å²) in [6.45, 7) is 2.19. The van der Waals surface area contributed by atoms with E-state index in [0.717, 1.165) is 6.42 Å². The first-order valence-corrected chi connectivity index (χ1v) is 7.86. The van der Waals surface area contributed by atoms with Crippen LogP contribution in [0, 0.1) is 0 Å². The van der Waals surface area contributed by atoms with Crippen molar-refractivity contribution in [2.24, 2.45) is 4.99 Å². The minimum Gasteiger partial charge on any atom is -0.286 e. The van der Waals surface area contributed by atoms with Crippen LogP contribution in [-0.2, 0) is 0 Å². The summed E-state index contributed by atoms with van der Waals surface area (Å²) in [5, 5.41) is 0. The van der Waals surface area contributed by atoms with Crippen LogP contribution in [0.3, 0.4) is 0 Å². The van der Waals surface area contributed by atoms with Gasteiger partial charge in [-0.1, -0.05) is 42.8 Å². The third kappa shape index (κ3) is 3.38. The molecule has 0 aliphatic heterocycles. The molecule has 3 rings (SSSR count). The molecule has 108 valence electrons. The van der Waals surface area contributed by atoms with E-state index in [1.54, 1.807) is 0 Å². The van der Waals surface area contributed by atoms with Crippen LogP contribution in [0.5, 0.6) is 0 Å². The van der Waals surface area contributed by atoms with E-state index in [1.165, 1.54) is 36.1 Å². The molecular weight excluding hydrogens is 256 g/mol. The summed E-state index contributed by atoms with van der Waals surface area (Å²) >= 11 is 0. The summed E-state index contributed by atoms with van der Waals surface area (Å²) in [5.74, 6) is 0.457. The number of aromatic nitrogens is 1. The second kappa shape index (κ2) is 6.66. The van der Waals surface area contributed by atoms with Gasteiger partial charge in [-0.3, -0.25) is 9.98 Å². The SMILES string of the molecule is CC(N=C1CCCCC1c1cccnc1)c1ccccc1. The average molecular weight is 278 g/mol. The van der Waals surface area contributed by atoms with Crippen molar-refractivity contribution in [3.05, 3.63) is 66.0 Å². The van der Waals surface area contributed by atoms with Crippen LogP contribution in [0.1, 0.15) is 55.7 Å². The Hall–Kier alpha value is -1.96. The molecule has 1 aromatic carbocycles. The summed E-state index contributed by atoms with van der Waals surface area (Å²) in [7, 11) is 0. The molecule has 21 heavy (non-hydrogen) atoms. The molecule has 1 heterocycles. The molecule has 0 N–H and O–H groups in total. The fourth-order valence-electron chi connectivity index (χ4n) is 3.15. The maximum atomic E-state index is 5.05. The van der Waals surface area contributed by atoms with Crippen molar-refractivity contribution in [3.8, 4) is 0 Å². The van der Waals surface area contributed by atoms with Crippen molar-refractivity contribution in [2.75, 3.05) is 0 Å². The van der Waals surface area contributed by atoms with Gasteiger partial charge in [0.15, 0.2) is 0 Å². The van der Waals surface area contributed by atoms with Gasteiger partial charge in [0.2, 0.25) is 0 Å². The van der Waals surface area contributed by atoms with Crippen molar-refractivity contribution in [2.45, 2.75) is 44.6 Å². The number of rotatable bonds is 3. The number of hydrogen-bond donors (Lipinski definition) is 0. The van der Waals surface area contributed by atoms with Crippen molar-refractivity contribution in [1.29, 1.82) is 0 Å². The quantitative estimate of drug-likeness (QED) is 0.780. The predicted molar refractivity (Wildman–Crippen MR) is 87.7 cm³/mol. The Morgan fingerprint density at radius 1 is 1.10 bits per heavy atom. The highest BCUT2D eigenvalue weighted by atomic mass is 14.8. The summed E-state index contributed by atoms with van der Waals surface area (Å²) < 4.78 is 0. The first-order chi connectivity index (χ1) is 10.3. The molecule has 0 amide bonds. The maximum absolute atomic E-state index is 5.05. The number of aliphatic imine (C=N–C) groups is 1. The molecule has 2 aromatic rings. The zero-order chi connectivity index (χ0) is 14.5. The van der Waals surface area contributed by atoms with Gasteiger partial charge in [-0.15, -0.1) is 0 Å².